The summed E-state index contributed by atoms with van der Waals surface area (Å²) in [5.74, 6) is -0.0845. The summed E-state index contributed by atoms with van der Waals surface area (Å²) in [6.45, 7) is 5.03. The van der Waals surface area contributed by atoms with E-state index in [0.717, 1.165) is 10.6 Å². The van der Waals surface area contributed by atoms with Gasteiger partial charge in [-0.15, -0.1) is 0 Å². The van der Waals surface area contributed by atoms with Gasteiger partial charge in [0.25, 0.3) is 0 Å². The number of anilines is 1. The number of hydrogen-bond acceptors (Lipinski definition) is 3. The van der Waals surface area contributed by atoms with Crippen molar-refractivity contribution in [3.8, 4) is 0 Å². The number of halogens is 2. The van der Waals surface area contributed by atoms with Crippen molar-refractivity contribution in [3.63, 3.8) is 0 Å². The second-order valence-electron chi connectivity index (χ2n) is 4.75. The van der Waals surface area contributed by atoms with E-state index in [4.69, 9.17) is 23.2 Å². The van der Waals surface area contributed by atoms with Gasteiger partial charge in [-0.25, -0.2) is 8.42 Å². The molecule has 0 saturated carbocycles. The van der Waals surface area contributed by atoms with E-state index in [1.807, 2.05) is 13.8 Å². The summed E-state index contributed by atoms with van der Waals surface area (Å²) in [7, 11) is -3.52. The molecule has 0 aliphatic rings. The van der Waals surface area contributed by atoms with E-state index in [1.165, 1.54) is 12.1 Å². The molecule has 0 bridgehead atoms. The van der Waals surface area contributed by atoms with Crippen LogP contribution >= 0.6 is 23.2 Å². The zero-order valence-electron chi connectivity index (χ0n) is 12.8. The van der Waals surface area contributed by atoms with Crippen LogP contribution in [-0.4, -0.2) is 45.1 Å². The predicted molar refractivity (Wildman–Crippen MR) is 91.2 cm³/mol. The average Bonchev–Trinajstić information content (AvgIpc) is 2.42. The number of carbonyl (C=O) groups is 1. The van der Waals surface area contributed by atoms with Crippen molar-refractivity contribution >= 4 is 44.8 Å². The third-order valence-corrected chi connectivity index (χ3v) is 5.17. The fraction of sp³-hybridized carbons (Fsp3) is 0.500. The summed E-state index contributed by atoms with van der Waals surface area (Å²) in [5.41, 5.74) is 0.393. The Hall–Kier alpha value is -0.980. The molecule has 22 heavy (non-hydrogen) atoms. The second-order valence-corrected chi connectivity index (χ2v) is 7.47. The van der Waals surface area contributed by atoms with Crippen molar-refractivity contribution in [2.45, 2.75) is 20.3 Å². The molecule has 0 unspecified atom stereocenters. The van der Waals surface area contributed by atoms with Crippen LogP contribution < -0.4 is 4.31 Å². The fourth-order valence-corrected chi connectivity index (χ4v) is 3.27. The average molecular weight is 367 g/mol. The summed E-state index contributed by atoms with van der Waals surface area (Å²) in [5, 5.41) is 0.612. The molecule has 0 N–H and O–H groups in total. The van der Waals surface area contributed by atoms with Gasteiger partial charge in [-0.05, 0) is 32.0 Å². The lowest BCUT2D eigenvalue weighted by atomic mass is 10.3. The van der Waals surface area contributed by atoms with Gasteiger partial charge in [-0.2, -0.15) is 0 Å². The topological polar surface area (TPSA) is 57.7 Å². The fourth-order valence-electron chi connectivity index (χ4n) is 2.06. The highest BCUT2D eigenvalue weighted by molar-refractivity contribution is 7.92. The lowest BCUT2D eigenvalue weighted by Crippen LogP contribution is -2.36. The molecule has 1 rings (SSSR count). The molecule has 1 aromatic rings. The van der Waals surface area contributed by atoms with E-state index in [1.54, 1.807) is 11.0 Å². The van der Waals surface area contributed by atoms with Gasteiger partial charge in [0.1, 0.15) is 0 Å². The normalized spacial score (nSPS) is 11.3. The minimum absolute atomic E-state index is 0.0616. The van der Waals surface area contributed by atoms with Gasteiger partial charge in [-0.3, -0.25) is 9.10 Å². The maximum Gasteiger partial charge on any atom is 0.232 e. The number of hydrogen-bond donors (Lipinski definition) is 0. The molecule has 0 aliphatic carbocycles. The van der Waals surface area contributed by atoms with Crippen LogP contribution in [0.1, 0.15) is 20.3 Å². The maximum atomic E-state index is 12.0. The van der Waals surface area contributed by atoms with Crippen LogP contribution in [-0.2, 0) is 14.8 Å². The highest BCUT2D eigenvalue weighted by Gasteiger charge is 2.20. The molecule has 5 nitrogen and oxygen atoms in total. The molecule has 8 heteroatoms. The van der Waals surface area contributed by atoms with Gasteiger partial charge in [0.2, 0.25) is 15.9 Å². The smallest absolute Gasteiger partial charge is 0.232 e. The van der Waals surface area contributed by atoms with Crippen molar-refractivity contribution in [1.29, 1.82) is 0 Å². The Balaban J connectivity index is 2.96. The van der Waals surface area contributed by atoms with Crippen LogP contribution in [0.4, 0.5) is 5.69 Å². The number of carbonyl (C=O) groups excluding carboxylic acids is 1. The highest BCUT2D eigenvalue weighted by atomic mass is 35.5. The van der Waals surface area contributed by atoms with Crippen molar-refractivity contribution in [1.82, 2.24) is 4.90 Å². The number of nitrogens with zero attached hydrogens (tertiary/aromatic N) is 2. The molecule has 0 radical (unpaired) electrons. The second kappa shape index (κ2) is 8.04. The van der Waals surface area contributed by atoms with E-state index in [2.05, 4.69) is 0 Å². The van der Waals surface area contributed by atoms with Crippen molar-refractivity contribution in [2.24, 2.45) is 0 Å². The summed E-state index contributed by atoms with van der Waals surface area (Å²) < 4.78 is 25.1. The number of rotatable bonds is 7. The molecular formula is C14H20Cl2N2O3S. The van der Waals surface area contributed by atoms with Crippen LogP contribution in [0.15, 0.2) is 18.2 Å². The first-order valence-electron chi connectivity index (χ1n) is 6.91. The maximum absolute atomic E-state index is 12.0. The Morgan fingerprint density at radius 3 is 2.18 bits per heavy atom. The lowest BCUT2D eigenvalue weighted by molar-refractivity contribution is -0.130. The minimum Gasteiger partial charge on any atom is -0.343 e. The lowest BCUT2D eigenvalue weighted by Gasteiger charge is -2.24. The van der Waals surface area contributed by atoms with Crippen molar-refractivity contribution in [3.05, 3.63) is 28.2 Å². The molecule has 124 valence electrons. The Labute approximate surface area is 141 Å². The summed E-state index contributed by atoms with van der Waals surface area (Å²) in [4.78, 5) is 13.7. The standard InChI is InChI=1S/C14H20Cl2N2O3S/c1-4-17(5-2)14(19)8-9-18(22(3,20)21)11-6-7-12(15)13(16)10-11/h6-7,10H,4-5,8-9H2,1-3H3. The van der Waals surface area contributed by atoms with Gasteiger partial charge >= 0.3 is 0 Å². The van der Waals surface area contributed by atoms with Gasteiger partial charge in [-0.1, -0.05) is 23.2 Å². The summed E-state index contributed by atoms with van der Waals surface area (Å²) in [6, 6.07) is 4.58. The van der Waals surface area contributed by atoms with Gasteiger partial charge < -0.3 is 4.90 Å². The van der Waals surface area contributed by atoms with Crippen LogP contribution in [0.25, 0.3) is 0 Å². The number of sulfonamides is 1. The summed E-state index contributed by atoms with van der Waals surface area (Å²) >= 11 is 11.8. The zero-order chi connectivity index (χ0) is 16.9. The van der Waals surface area contributed by atoms with Crippen LogP contribution in [0.2, 0.25) is 10.0 Å². The monoisotopic (exact) mass is 366 g/mol. The first kappa shape index (κ1) is 19.1. The highest BCUT2D eigenvalue weighted by Crippen LogP contribution is 2.28. The van der Waals surface area contributed by atoms with E-state index in [0.29, 0.717) is 23.8 Å². The molecule has 0 spiro atoms. The molecule has 0 aromatic heterocycles. The van der Waals surface area contributed by atoms with Crippen LogP contribution in [0, 0.1) is 0 Å². The third kappa shape index (κ3) is 5.04. The van der Waals surface area contributed by atoms with Crippen molar-refractivity contribution in [2.75, 3.05) is 30.2 Å². The van der Waals surface area contributed by atoms with Gasteiger partial charge in [0.15, 0.2) is 0 Å². The van der Waals surface area contributed by atoms with E-state index < -0.39 is 10.0 Å². The van der Waals surface area contributed by atoms with E-state index in [9.17, 15) is 13.2 Å². The molecule has 0 fully saturated rings. The quantitative estimate of drug-likeness (QED) is 0.744. The molecule has 1 aromatic carbocycles. The van der Waals surface area contributed by atoms with Crippen molar-refractivity contribution < 1.29 is 13.2 Å². The first-order chi connectivity index (χ1) is 10.2. The number of benzene rings is 1. The zero-order valence-corrected chi connectivity index (χ0v) is 15.2. The SMILES string of the molecule is CCN(CC)C(=O)CCN(c1ccc(Cl)c(Cl)c1)S(C)(=O)=O. The van der Waals surface area contributed by atoms with Gasteiger partial charge in [0.05, 0.1) is 22.0 Å². The van der Waals surface area contributed by atoms with E-state index >= 15 is 0 Å². The minimum atomic E-state index is -3.52. The Morgan fingerprint density at radius 1 is 1.14 bits per heavy atom. The molecule has 1 amide bonds. The van der Waals surface area contributed by atoms with Gasteiger partial charge in [0, 0.05) is 26.1 Å². The Kier molecular flexibility index (Phi) is 6.97. The molecule has 0 atom stereocenters. The first-order valence-corrected chi connectivity index (χ1v) is 9.51. The third-order valence-electron chi connectivity index (χ3n) is 3.24. The number of amides is 1. The molecule has 0 heterocycles. The molecule has 0 aliphatic heterocycles. The predicted octanol–water partition coefficient (Wildman–Crippen LogP) is 3.02. The molecular weight excluding hydrogens is 347 g/mol. The molecule has 0 saturated heterocycles. The Bertz CT molecular complexity index is 631. The van der Waals surface area contributed by atoms with Crippen LogP contribution in [0.3, 0.4) is 0 Å². The largest absolute Gasteiger partial charge is 0.343 e. The Morgan fingerprint density at radius 2 is 1.73 bits per heavy atom. The summed E-state index contributed by atoms with van der Waals surface area (Å²) in [6.07, 6.45) is 1.20. The van der Waals surface area contributed by atoms with Crippen LogP contribution in [0.5, 0.6) is 0 Å². The van der Waals surface area contributed by atoms with E-state index in [-0.39, 0.29) is 23.9 Å².